The van der Waals surface area contributed by atoms with Gasteiger partial charge in [-0.3, -0.25) is 4.90 Å². The van der Waals surface area contributed by atoms with Gasteiger partial charge >= 0.3 is 0 Å². The number of hydrogen-bond acceptors (Lipinski definition) is 6. The first kappa shape index (κ1) is 20.6. The van der Waals surface area contributed by atoms with Gasteiger partial charge in [0.05, 0.1) is 16.7 Å². The van der Waals surface area contributed by atoms with E-state index < -0.39 is 5.60 Å². The van der Waals surface area contributed by atoms with Crippen molar-refractivity contribution in [2.24, 2.45) is 0 Å². The molecule has 2 N–H and O–H groups in total. The first-order valence-electron chi connectivity index (χ1n) is 10.6. The van der Waals surface area contributed by atoms with Crippen LogP contribution in [-0.2, 0) is 0 Å². The molecular formula is C24H30N4O2. The SMILES string of the molecule is CCC(C)(O)CN1CCN(c2nc(-c3ccccc3O)nc3cc(C)ccc23)CC1. The Bertz CT molecular complexity index is 1040. The van der Waals surface area contributed by atoms with Crippen molar-refractivity contribution in [3.05, 3.63) is 48.0 Å². The molecule has 0 saturated carbocycles. The number of piperazine rings is 1. The van der Waals surface area contributed by atoms with Crippen molar-refractivity contribution < 1.29 is 10.2 Å². The van der Waals surface area contributed by atoms with Gasteiger partial charge in [0.1, 0.15) is 11.6 Å². The minimum absolute atomic E-state index is 0.182. The second-order valence-corrected chi connectivity index (χ2v) is 8.52. The Kier molecular flexibility index (Phi) is 5.62. The van der Waals surface area contributed by atoms with E-state index in [-0.39, 0.29) is 5.75 Å². The fourth-order valence-electron chi connectivity index (χ4n) is 3.96. The maximum absolute atomic E-state index is 10.4. The van der Waals surface area contributed by atoms with E-state index >= 15 is 0 Å². The van der Waals surface area contributed by atoms with Gasteiger partial charge < -0.3 is 15.1 Å². The number of aryl methyl sites for hydroxylation is 1. The normalized spacial score (nSPS) is 17.3. The van der Waals surface area contributed by atoms with Crippen molar-refractivity contribution in [3.8, 4) is 17.1 Å². The highest BCUT2D eigenvalue weighted by Crippen LogP contribution is 2.32. The molecule has 0 spiro atoms. The summed E-state index contributed by atoms with van der Waals surface area (Å²) in [5.74, 6) is 1.62. The summed E-state index contributed by atoms with van der Waals surface area (Å²) in [5.41, 5.74) is 2.01. The Morgan fingerprint density at radius 1 is 1.03 bits per heavy atom. The van der Waals surface area contributed by atoms with Crippen LogP contribution in [0.2, 0.25) is 0 Å². The molecule has 6 heteroatoms. The van der Waals surface area contributed by atoms with Gasteiger partial charge in [-0.1, -0.05) is 25.1 Å². The van der Waals surface area contributed by atoms with Gasteiger partial charge in [0.15, 0.2) is 5.82 Å². The van der Waals surface area contributed by atoms with Crippen LogP contribution in [0.1, 0.15) is 25.8 Å². The zero-order valence-corrected chi connectivity index (χ0v) is 18.0. The van der Waals surface area contributed by atoms with E-state index in [2.05, 4.69) is 34.9 Å². The van der Waals surface area contributed by atoms with Crippen molar-refractivity contribution in [1.82, 2.24) is 14.9 Å². The number of anilines is 1. The summed E-state index contributed by atoms with van der Waals surface area (Å²) in [6.07, 6.45) is 0.743. The lowest BCUT2D eigenvalue weighted by Crippen LogP contribution is -2.51. The molecule has 30 heavy (non-hydrogen) atoms. The van der Waals surface area contributed by atoms with Gasteiger partial charge in [0.2, 0.25) is 0 Å². The predicted molar refractivity (Wildman–Crippen MR) is 121 cm³/mol. The molecule has 158 valence electrons. The molecule has 6 nitrogen and oxygen atoms in total. The second-order valence-electron chi connectivity index (χ2n) is 8.52. The monoisotopic (exact) mass is 406 g/mol. The van der Waals surface area contributed by atoms with E-state index in [4.69, 9.17) is 9.97 Å². The molecule has 0 amide bonds. The number of rotatable bonds is 5. The summed E-state index contributed by atoms with van der Waals surface area (Å²) in [4.78, 5) is 14.3. The third-order valence-electron chi connectivity index (χ3n) is 5.97. The zero-order chi connectivity index (χ0) is 21.3. The quantitative estimate of drug-likeness (QED) is 0.675. The molecule has 0 radical (unpaired) electrons. The number of fused-ring (bicyclic) bond motifs is 1. The van der Waals surface area contributed by atoms with Gasteiger partial charge in [0.25, 0.3) is 0 Å². The van der Waals surface area contributed by atoms with Crippen LogP contribution >= 0.6 is 0 Å². The molecule has 1 atom stereocenters. The summed E-state index contributed by atoms with van der Waals surface area (Å²) >= 11 is 0. The third-order valence-corrected chi connectivity index (χ3v) is 5.97. The lowest BCUT2D eigenvalue weighted by Gasteiger charge is -2.38. The minimum atomic E-state index is -0.653. The van der Waals surface area contributed by atoms with Crippen molar-refractivity contribution >= 4 is 16.7 Å². The minimum Gasteiger partial charge on any atom is -0.507 e. The first-order valence-corrected chi connectivity index (χ1v) is 10.6. The molecule has 1 aromatic heterocycles. The molecule has 0 aliphatic carbocycles. The van der Waals surface area contributed by atoms with Crippen LogP contribution in [0.3, 0.4) is 0 Å². The van der Waals surface area contributed by atoms with E-state index in [1.54, 1.807) is 12.1 Å². The predicted octanol–water partition coefficient (Wildman–Crippen LogP) is 3.59. The van der Waals surface area contributed by atoms with Crippen LogP contribution < -0.4 is 4.90 Å². The Balaban J connectivity index is 1.68. The summed E-state index contributed by atoms with van der Waals surface area (Å²) in [5, 5.41) is 21.8. The van der Waals surface area contributed by atoms with Gasteiger partial charge in [-0.15, -0.1) is 0 Å². The van der Waals surface area contributed by atoms with E-state index in [0.717, 1.165) is 54.9 Å². The van der Waals surface area contributed by atoms with Crippen LogP contribution in [0.4, 0.5) is 5.82 Å². The largest absolute Gasteiger partial charge is 0.507 e. The number of hydrogen-bond donors (Lipinski definition) is 2. The molecule has 1 aliphatic rings. The van der Waals surface area contributed by atoms with Gasteiger partial charge in [-0.2, -0.15) is 0 Å². The summed E-state index contributed by atoms with van der Waals surface area (Å²) in [6, 6.07) is 13.4. The molecule has 3 aromatic rings. The lowest BCUT2D eigenvalue weighted by molar-refractivity contribution is 0.0149. The standard InChI is InChI=1S/C24H30N4O2/c1-4-24(3,30)16-27-11-13-28(14-12-27)23-18-10-9-17(2)15-20(18)25-22(26-23)19-7-5-6-8-21(19)29/h5-10,15,29-30H,4,11-14,16H2,1-3H3. The summed E-state index contributed by atoms with van der Waals surface area (Å²) in [7, 11) is 0. The number of aromatic nitrogens is 2. The third kappa shape index (κ3) is 4.25. The summed E-state index contributed by atoms with van der Waals surface area (Å²) < 4.78 is 0. The van der Waals surface area contributed by atoms with Gasteiger partial charge in [-0.05, 0) is 50.1 Å². The van der Waals surface area contributed by atoms with Crippen LogP contribution in [0.25, 0.3) is 22.3 Å². The fourth-order valence-corrected chi connectivity index (χ4v) is 3.96. The molecular weight excluding hydrogens is 376 g/mol. The Morgan fingerprint density at radius 3 is 2.47 bits per heavy atom. The fraction of sp³-hybridized carbons (Fsp3) is 0.417. The highest BCUT2D eigenvalue weighted by molar-refractivity contribution is 5.92. The molecule has 2 aromatic carbocycles. The number of phenols is 1. The number of β-amino-alcohol motifs (C(OH)–C–C–N with tert-alkyl or cyclic N) is 1. The highest BCUT2D eigenvalue weighted by atomic mass is 16.3. The maximum atomic E-state index is 10.4. The van der Waals surface area contributed by atoms with E-state index in [9.17, 15) is 10.2 Å². The summed E-state index contributed by atoms with van der Waals surface area (Å²) in [6.45, 7) is 10.1. The molecule has 0 bridgehead atoms. The topological polar surface area (TPSA) is 72.7 Å². The average Bonchev–Trinajstić information content (AvgIpc) is 2.73. The molecule has 1 aliphatic heterocycles. The average molecular weight is 407 g/mol. The number of phenolic OH excluding ortho intramolecular Hbond substituents is 1. The first-order chi connectivity index (χ1) is 14.4. The van der Waals surface area contributed by atoms with Gasteiger partial charge in [0, 0.05) is 38.1 Å². The number of nitrogens with zero attached hydrogens (tertiary/aromatic N) is 4. The van der Waals surface area contributed by atoms with Crippen molar-refractivity contribution in [2.75, 3.05) is 37.6 Å². The van der Waals surface area contributed by atoms with E-state index in [0.29, 0.717) is 17.9 Å². The van der Waals surface area contributed by atoms with Crippen LogP contribution in [0.15, 0.2) is 42.5 Å². The Labute approximate surface area is 177 Å². The second kappa shape index (κ2) is 8.20. The zero-order valence-electron chi connectivity index (χ0n) is 18.0. The number of benzene rings is 2. The molecule has 1 fully saturated rings. The van der Waals surface area contributed by atoms with Crippen LogP contribution in [-0.4, -0.2) is 63.4 Å². The van der Waals surface area contributed by atoms with Crippen molar-refractivity contribution in [1.29, 1.82) is 0 Å². The number of para-hydroxylation sites is 1. The Hall–Kier alpha value is -2.70. The molecule has 2 heterocycles. The van der Waals surface area contributed by atoms with Crippen molar-refractivity contribution in [3.63, 3.8) is 0 Å². The van der Waals surface area contributed by atoms with Crippen LogP contribution in [0.5, 0.6) is 5.75 Å². The highest BCUT2D eigenvalue weighted by Gasteiger charge is 2.26. The van der Waals surface area contributed by atoms with Gasteiger partial charge in [-0.25, -0.2) is 9.97 Å². The molecule has 4 rings (SSSR count). The number of aromatic hydroxyl groups is 1. The van der Waals surface area contributed by atoms with Crippen molar-refractivity contribution in [2.45, 2.75) is 32.8 Å². The molecule has 1 unspecified atom stereocenters. The lowest BCUT2D eigenvalue weighted by atomic mass is 10.0. The number of aliphatic hydroxyl groups is 1. The van der Waals surface area contributed by atoms with E-state index in [1.807, 2.05) is 26.0 Å². The smallest absolute Gasteiger partial charge is 0.165 e. The Morgan fingerprint density at radius 2 is 1.77 bits per heavy atom. The molecule has 1 saturated heterocycles. The van der Waals surface area contributed by atoms with E-state index in [1.165, 1.54) is 0 Å². The van der Waals surface area contributed by atoms with Crippen LogP contribution in [0, 0.1) is 6.92 Å². The maximum Gasteiger partial charge on any atom is 0.165 e.